The van der Waals surface area contributed by atoms with Gasteiger partial charge in [-0.1, -0.05) is 15.9 Å². The standard InChI is InChI=1S/C14H19BrN2O2/c1-9-6-11(15)4-5-12(9)17-10(2)7-16(3)14(19)13(17)8-18/h4-6,10,13,18H,7-8H2,1-3H3. The van der Waals surface area contributed by atoms with E-state index in [0.717, 1.165) is 15.7 Å². The molecule has 0 radical (unpaired) electrons. The number of hydrogen-bond acceptors (Lipinski definition) is 3. The zero-order valence-corrected chi connectivity index (χ0v) is 13.0. The van der Waals surface area contributed by atoms with Crippen molar-refractivity contribution in [3.63, 3.8) is 0 Å². The Morgan fingerprint density at radius 3 is 2.74 bits per heavy atom. The first-order chi connectivity index (χ1) is 8.95. The number of piperazine rings is 1. The van der Waals surface area contributed by atoms with Gasteiger partial charge in [-0.05, 0) is 37.6 Å². The number of hydrogen-bond donors (Lipinski definition) is 1. The van der Waals surface area contributed by atoms with Crippen molar-refractivity contribution in [2.75, 3.05) is 25.1 Å². The first-order valence-corrected chi connectivity index (χ1v) is 7.15. The highest BCUT2D eigenvalue weighted by molar-refractivity contribution is 9.10. The van der Waals surface area contributed by atoms with Crippen molar-refractivity contribution in [1.29, 1.82) is 0 Å². The van der Waals surface area contributed by atoms with Crippen LogP contribution in [0.3, 0.4) is 0 Å². The number of carbonyl (C=O) groups excluding carboxylic acids is 1. The Bertz CT molecular complexity index is 492. The quantitative estimate of drug-likeness (QED) is 0.901. The van der Waals surface area contributed by atoms with Crippen molar-refractivity contribution in [2.24, 2.45) is 0 Å². The molecule has 2 rings (SSSR count). The highest BCUT2D eigenvalue weighted by Gasteiger charge is 2.37. The van der Waals surface area contributed by atoms with Crippen molar-refractivity contribution in [1.82, 2.24) is 4.90 Å². The van der Waals surface area contributed by atoms with Crippen molar-refractivity contribution < 1.29 is 9.90 Å². The predicted octanol–water partition coefficient (Wildman–Crippen LogP) is 1.79. The highest BCUT2D eigenvalue weighted by atomic mass is 79.9. The molecule has 104 valence electrons. The van der Waals surface area contributed by atoms with Gasteiger partial charge in [0.2, 0.25) is 5.91 Å². The Labute approximate surface area is 122 Å². The minimum Gasteiger partial charge on any atom is -0.394 e. The van der Waals surface area contributed by atoms with Crippen LogP contribution in [0.15, 0.2) is 22.7 Å². The second kappa shape index (κ2) is 5.51. The van der Waals surface area contributed by atoms with Crippen molar-refractivity contribution >= 4 is 27.5 Å². The molecule has 1 aromatic carbocycles. The Morgan fingerprint density at radius 1 is 1.47 bits per heavy atom. The minimum absolute atomic E-state index is 0.0251. The molecule has 1 heterocycles. The predicted molar refractivity (Wildman–Crippen MR) is 79.3 cm³/mol. The molecule has 2 unspecified atom stereocenters. The summed E-state index contributed by atoms with van der Waals surface area (Å²) >= 11 is 3.45. The highest BCUT2D eigenvalue weighted by Crippen LogP contribution is 2.29. The van der Waals surface area contributed by atoms with Gasteiger partial charge in [-0.2, -0.15) is 0 Å². The lowest BCUT2D eigenvalue weighted by atomic mass is 10.0. The summed E-state index contributed by atoms with van der Waals surface area (Å²) in [5.74, 6) is -0.0251. The number of likely N-dealkylation sites (N-methyl/N-ethyl adjacent to an activating group) is 1. The first-order valence-electron chi connectivity index (χ1n) is 6.36. The maximum atomic E-state index is 12.2. The first kappa shape index (κ1) is 14.3. The average Bonchev–Trinajstić information content (AvgIpc) is 2.34. The number of benzene rings is 1. The summed E-state index contributed by atoms with van der Waals surface area (Å²) in [6.45, 7) is 4.60. The Hall–Kier alpha value is -1.07. The fourth-order valence-corrected chi connectivity index (χ4v) is 3.21. The van der Waals surface area contributed by atoms with Gasteiger partial charge in [0, 0.05) is 29.8 Å². The van der Waals surface area contributed by atoms with E-state index in [1.54, 1.807) is 11.9 Å². The number of halogens is 1. The number of aliphatic hydroxyl groups excluding tert-OH is 1. The van der Waals surface area contributed by atoms with Gasteiger partial charge in [0.1, 0.15) is 6.04 Å². The van der Waals surface area contributed by atoms with E-state index in [4.69, 9.17) is 0 Å². The SMILES string of the molecule is Cc1cc(Br)ccc1N1C(C)CN(C)C(=O)C1CO. The number of anilines is 1. The van der Waals surface area contributed by atoms with Gasteiger partial charge in [-0.15, -0.1) is 0 Å². The van der Waals surface area contributed by atoms with E-state index >= 15 is 0 Å². The maximum absolute atomic E-state index is 12.2. The molecule has 1 aliphatic rings. The van der Waals surface area contributed by atoms with Gasteiger partial charge in [0.15, 0.2) is 0 Å². The van der Waals surface area contributed by atoms with Crippen LogP contribution in [0, 0.1) is 6.92 Å². The fourth-order valence-electron chi connectivity index (χ4n) is 2.73. The summed E-state index contributed by atoms with van der Waals surface area (Å²) in [6, 6.07) is 5.68. The van der Waals surface area contributed by atoms with Crippen LogP contribution in [0.2, 0.25) is 0 Å². The van der Waals surface area contributed by atoms with Crippen LogP contribution >= 0.6 is 15.9 Å². The molecule has 5 heteroatoms. The number of rotatable bonds is 2. The Kier molecular flexibility index (Phi) is 4.16. The second-order valence-corrected chi connectivity index (χ2v) is 6.02. The lowest BCUT2D eigenvalue weighted by Gasteiger charge is -2.45. The second-order valence-electron chi connectivity index (χ2n) is 5.10. The molecule has 1 fully saturated rings. The minimum atomic E-state index is -0.492. The normalized spacial score (nSPS) is 23.9. The topological polar surface area (TPSA) is 43.8 Å². The average molecular weight is 327 g/mol. The van der Waals surface area contributed by atoms with E-state index in [2.05, 4.69) is 22.9 Å². The molecular weight excluding hydrogens is 308 g/mol. The third-order valence-corrected chi connectivity index (χ3v) is 4.11. The van der Waals surface area contributed by atoms with Gasteiger partial charge in [-0.25, -0.2) is 0 Å². The lowest BCUT2D eigenvalue weighted by Crippen LogP contribution is -2.61. The van der Waals surface area contributed by atoms with Crippen molar-refractivity contribution in [2.45, 2.75) is 25.9 Å². The summed E-state index contributed by atoms with van der Waals surface area (Å²) in [4.78, 5) is 15.9. The fraction of sp³-hybridized carbons (Fsp3) is 0.500. The van der Waals surface area contributed by atoms with Crippen LogP contribution in [0.1, 0.15) is 12.5 Å². The molecule has 1 aromatic rings. The summed E-state index contributed by atoms with van der Waals surface area (Å²) < 4.78 is 1.02. The van der Waals surface area contributed by atoms with Crippen LogP contribution in [0.4, 0.5) is 5.69 Å². The maximum Gasteiger partial charge on any atom is 0.247 e. The molecule has 1 aliphatic heterocycles. The molecular formula is C14H19BrN2O2. The van der Waals surface area contributed by atoms with Gasteiger partial charge in [-0.3, -0.25) is 4.79 Å². The van der Waals surface area contributed by atoms with Gasteiger partial charge >= 0.3 is 0 Å². The molecule has 4 nitrogen and oxygen atoms in total. The summed E-state index contributed by atoms with van der Waals surface area (Å²) in [6.07, 6.45) is 0. The number of aryl methyl sites for hydroxylation is 1. The third-order valence-electron chi connectivity index (χ3n) is 3.62. The van der Waals surface area contributed by atoms with Crippen LogP contribution in [0.5, 0.6) is 0 Å². The van der Waals surface area contributed by atoms with E-state index in [-0.39, 0.29) is 18.6 Å². The summed E-state index contributed by atoms with van der Waals surface area (Å²) in [5.41, 5.74) is 2.10. The Balaban J connectivity index is 2.42. The van der Waals surface area contributed by atoms with Gasteiger partial charge < -0.3 is 14.9 Å². The van der Waals surface area contributed by atoms with Gasteiger partial charge in [0.05, 0.1) is 6.61 Å². The smallest absolute Gasteiger partial charge is 0.247 e. The van der Waals surface area contributed by atoms with E-state index in [1.165, 1.54) is 0 Å². The molecule has 1 N–H and O–H groups in total. The molecule has 0 spiro atoms. The lowest BCUT2D eigenvalue weighted by molar-refractivity contribution is -0.134. The van der Waals surface area contributed by atoms with E-state index in [0.29, 0.717) is 6.54 Å². The molecule has 19 heavy (non-hydrogen) atoms. The summed E-state index contributed by atoms with van der Waals surface area (Å²) in [5, 5.41) is 9.58. The third kappa shape index (κ3) is 2.62. The summed E-state index contributed by atoms with van der Waals surface area (Å²) in [7, 11) is 1.78. The zero-order chi connectivity index (χ0) is 14.2. The molecule has 0 aliphatic carbocycles. The zero-order valence-electron chi connectivity index (χ0n) is 11.4. The van der Waals surface area contributed by atoms with Crippen LogP contribution in [-0.4, -0.2) is 48.2 Å². The van der Waals surface area contributed by atoms with Crippen molar-refractivity contribution in [3.8, 4) is 0 Å². The molecule has 2 atom stereocenters. The number of carbonyl (C=O) groups is 1. The van der Waals surface area contributed by atoms with Crippen LogP contribution in [0.25, 0.3) is 0 Å². The van der Waals surface area contributed by atoms with E-state index < -0.39 is 6.04 Å². The molecule has 0 saturated carbocycles. The van der Waals surface area contributed by atoms with E-state index in [1.807, 2.05) is 30.0 Å². The monoisotopic (exact) mass is 326 g/mol. The van der Waals surface area contributed by atoms with Crippen LogP contribution in [-0.2, 0) is 4.79 Å². The van der Waals surface area contributed by atoms with Crippen LogP contribution < -0.4 is 4.90 Å². The molecule has 1 amide bonds. The van der Waals surface area contributed by atoms with Crippen molar-refractivity contribution in [3.05, 3.63) is 28.2 Å². The molecule has 1 saturated heterocycles. The number of aliphatic hydroxyl groups is 1. The number of nitrogens with zero attached hydrogens (tertiary/aromatic N) is 2. The Morgan fingerprint density at radius 2 is 2.16 bits per heavy atom. The number of amides is 1. The van der Waals surface area contributed by atoms with E-state index in [9.17, 15) is 9.90 Å². The largest absolute Gasteiger partial charge is 0.394 e. The molecule has 0 bridgehead atoms. The van der Waals surface area contributed by atoms with Gasteiger partial charge in [0.25, 0.3) is 0 Å². The molecule has 0 aromatic heterocycles.